The Balaban J connectivity index is 1.95. The van der Waals surface area contributed by atoms with E-state index in [1.54, 1.807) is 6.07 Å². The molecule has 2 heterocycles. The maximum absolute atomic E-state index is 9.63. The molecule has 2 unspecified atom stereocenters. The number of aromatic nitrogens is 2. The Morgan fingerprint density at radius 3 is 2.83 bits per heavy atom. The standard InChI is InChI=1S/C21H30N6O3/c1-13(2)24-20-18(10-23)21(25-15-6-7-29-11-15)27-19(26-20)14-4-3-5-17(8-14)30-12-16(28)9-22/h3-5,8,10,13,15-16,23,28H,6-7,9,11-12,22H2,1-2H3,(H2,24,25,26,27). The van der Waals surface area contributed by atoms with E-state index in [0.717, 1.165) is 12.0 Å². The van der Waals surface area contributed by atoms with Gasteiger partial charge in [-0.1, -0.05) is 12.1 Å². The zero-order valence-corrected chi connectivity index (χ0v) is 17.4. The predicted octanol–water partition coefficient (Wildman–Crippen LogP) is 1.86. The second-order valence-corrected chi connectivity index (χ2v) is 7.53. The molecule has 1 aromatic carbocycles. The first-order valence-electron chi connectivity index (χ1n) is 10.1. The highest BCUT2D eigenvalue weighted by Crippen LogP contribution is 2.28. The molecule has 6 N–H and O–H groups in total. The van der Waals surface area contributed by atoms with Gasteiger partial charge in [-0.15, -0.1) is 0 Å². The Bertz CT molecular complexity index is 855. The summed E-state index contributed by atoms with van der Waals surface area (Å²) in [5, 5.41) is 24.2. The van der Waals surface area contributed by atoms with Crippen LogP contribution in [0, 0.1) is 5.41 Å². The molecule has 0 saturated carbocycles. The van der Waals surface area contributed by atoms with Gasteiger partial charge >= 0.3 is 0 Å². The van der Waals surface area contributed by atoms with E-state index in [9.17, 15) is 5.11 Å². The molecule has 0 spiro atoms. The molecule has 1 saturated heterocycles. The third-order valence-electron chi connectivity index (χ3n) is 4.59. The number of aliphatic hydroxyl groups excluding tert-OH is 1. The number of hydrogen-bond acceptors (Lipinski definition) is 9. The van der Waals surface area contributed by atoms with Crippen molar-refractivity contribution < 1.29 is 14.6 Å². The fourth-order valence-electron chi connectivity index (χ4n) is 3.06. The van der Waals surface area contributed by atoms with Crippen molar-refractivity contribution in [3.05, 3.63) is 29.8 Å². The van der Waals surface area contributed by atoms with Gasteiger partial charge in [0, 0.05) is 31.0 Å². The molecule has 2 atom stereocenters. The quantitative estimate of drug-likeness (QED) is 0.371. The van der Waals surface area contributed by atoms with E-state index in [4.69, 9.17) is 25.6 Å². The largest absolute Gasteiger partial charge is 0.491 e. The number of anilines is 2. The first kappa shape index (κ1) is 21.9. The first-order valence-corrected chi connectivity index (χ1v) is 10.1. The minimum absolute atomic E-state index is 0.113. The molecule has 1 aromatic heterocycles. The molecule has 0 bridgehead atoms. The maximum atomic E-state index is 9.63. The van der Waals surface area contributed by atoms with E-state index in [1.165, 1.54) is 6.21 Å². The molecule has 0 aliphatic carbocycles. The normalized spacial score (nSPS) is 17.0. The van der Waals surface area contributed by atoms with Crippen molar-refractivity contribution in [2.75, 3.05) is 37.0 Å². The predicted molar refractivity (Wildman–Crippen MR) is 118 cm³/mol. The highest BCUT2D eigenvalue weighted by molar-refractivity contribution is 5.91. The molecule has 9 nitrogen and oxygen atoms in total. The van der Waals surface area contributed by atoms with Gasteiger partial charge in [0.1, 0.15) is 30.1 Å². The van der Waals surface area contributed by atoms with Crippen molar-refractivity contribution in [1.29, 1.82) is 5.41 Å². The SMILES string of the molecule is CC(C)Nc1nc(-c2cccc(OCC(O)CN)c2)nc(NC2CCOC2)c1C=N. The molecule has 9 heteroatoms. The number of nitrogens with two attached hydrogens (primary N) is 1. The van der Waals surface area contributed by atoms with Crippen molar-refractivity contribution in [3.63, 3.8) is 0 Å². The second-order valence-electron chi connectivity index (χ2n) is 7.53. The summed E-state index contributed by atoms with van der Waals surface area (Å²) < 4.78 is 11.1. The molecule has 162 valence electrons. The van der Waals surface area contributed by atoms with Crippen LogP contribution in [0.25, 0.3) is 11.4 Å². The summed E-state index contributed by atoms with van der Waals surface area (Å²) >= 11 is 0. The topological polar surface area (TPSA) is 138 Å². The lowest BCUT2D eigenvalue weighted by molar-refractivity contribution is 0.114. The van der Waals surface area contributed by atoms with Crippen LogP contribution in [0.5, 0.6) is 5.75 Å². The van der Waals surface area contributed by atoms with E-state index in [2.05, 4.69) is 15.6 Å². The molecule has 30 heavy (non-hydrogen) atoms. The Kier molecular flexibility index (Phi) is 7.56. The van der Waals surface area contributed by atoms with Crippen molar-refractivity contribution in [1.82, 2.24) is 9.97 Å². The second kappa shape index (κ2) is 10.3. The Labute approximate surface area is 176 Å². The summed E-state index contributed by atoms with van der Waals surface area (Å²) in [5.41, 5.74) is 6.81. The number of nitrogens with one attached hydrogen (secondary N) is 3. The van der Waals surface area contributed by atoms with Crippen LogP contribution in [0.4, 0.5) is 11.6 Å². The van der Waals surface area contributed by atoms with E-state index in [-0.39, 0.29) is 25.2 Å². The monoisotopic (exact) mass is 414 g/mol. The zero-order valence-electron chi connectivity index (χ0n) is 17.4. The lowest BCUT2D eigenvalue weighted by Crippen LogP contribution is -2.26. The van der Waals surface area contributed by atoms with Gasteiger partial charge in [-0.25, -0.2) is 9.97 Å². The van der Waals surface area contributed by atoms with Crippen LogP contribution in [0.2, 0.25) is 0 Å². The maximum Gasteiger partial charge on any atom is 0.164 e. The summed E-state index contributed by atoms with van der Waals surface area (Å²) in [5.74, 6) is 2.29. The third kappa shape index (κ3) is 5.65. The molecule has 2 aromatic rings. The minimum Gasteiger partial charge on any atom is -0.491 e. The highest BCUT2D eigenvalue weighted by atomic mass is 16.5. The molecule has 0 radical (unpaired) electrons. The van der Waals surface area contributed by atoms with Crippen LogP contribution in [0.15, 0.2) is 24.3 Å². The van der Waals surface area contributed by atoms with Crippen LogP contribution in [-0.4, -0.2) is 65.8 Å². The van der Waals surface area contributed by atoms with Crippen LogP contribution >= 0.6 is 0 Å². The number of ether oxygens (including phenoxy) is 2. The fraction of sp³-hybridized carbons (Fsp3) is 0.476. The van der Waals surface area contributed by atoms with Crippen molar-refractivity contribution in [3.8, 4) is 17.1 Å². The van der Waals surface area contributed by atoms with Crippen molar-refractivity contribution in [2.24, 2.45) is 5.73 Å². The van der Waals surface area contributed by atoms with E-state index < -0.39 is 6.10 Å². The number of hydrogen-bond donors (Lipinski definition) is 5. The van der Waals surface area contributed by atoms with Gasteiger partial charge < -0.3 is 36.4 Å². The number of rotatable bonds is 10. The molecular weight excluding hydrogens is 384 g/mol. The van der Waals surface area contributed by atoms with E-state index in [0.29, 0.717) is 42.0 Å². The van der Waals surface area contributed by atoms with Crippen molar-refractivity contribution >= 4 is 17.9 Å². The fourth-order valence-corrected chi connectivity index (χ4v) is 3.06. The van der Waals surface area contributed by atoms with Crippen LogP contribution < -0.4 is 21.1 Å². The summed E-state index contributed by atoms with van der Waals surface area (Å²) in [4.78, 5) is 9.38. The summed E-state index contributed by atoms with van der Waals surface area (Å²) in [6.45, 7) is 5.60. The number of aliphatic hydroxyl groups is 1. The smallest absolute Gasteiger partial charge is 0.164 e. The Hall–Kier alpha value is -2.75. The van der Waals surface area contributed by atoms with E-state index in [1.807, 2.05) is 32.0 Å². The Morgan fingerprint density at radius 2 is 2.17 bits per heavy atom. The lowest BCUT2D eigenvalue weighted by Gasteiger charge is -2.19. The number of benzene rings is 1. The average Bonchev–Trinajstić information content (AvgIpc) is 3.24. The Morgan fingerprint density at radius 1 is 1.37 bits per heavy atom. The van der Waals surface area contributed by atoms with Gasteiger partial charge in [-0.05, 0) is 32.4 Å². The molecule has 1 fully saturated rings. The van der Waals surface area contributed by atoms with Gasteiger partial charge in [0.25, 0.3) is 0 Å². The zero-order chi connectivity index (χ0) is 21.5. The van der Waals surface area contributed by atoms with E-state index >= 15 is 0 Å². The molecule has 1 aliphatic rings. The molecule has 0 amide bonds. The van der Waals surface area contributed by atoms with Gasteiger partial charge in [0.05, 0.1) is 18.2 Å². The highest BCUT2D eigenvalue weighted by Gasteiger charge is 2.21. The summed E-state index contributed by atoms with van der Waals surface area (Å²) in [7, 11) is 0. The average molecular weight is 415 g/mol. The summed E-state index contributed by atoms with van der Waals surface area (Å²) in [6, 6.07) is 7.66. The first-order chi connectivity index (χ1) is 14.5. The molecule has 1 aliphatic heterocycles. The van der Waals surface area contributed by atoms with Gasteiger partial charge in [-0.2, -0.15) is 0 Å². The van der Waals surface area contributed by atoms with Crippen molar-refractivity contribution in [2.45, 2.75) is 38.5 Å². The summed E-state index contributed by atoms with van der Waals surface area (Å²) in [6.07, 6.45) is 1.43. The number of nitrogens with zero attached hydrogens (tertiary/aromatic N) is 2. The van der Waals surface area contributed by atoms with Gasteiger partial charge in [-0.3, -0.25) is 0 Å². The van der Waals surface area contributed by atoms with Crippen LogP contribution in [0.1, 0.15) is 25.8 Å². The lowest BCUT2D eigenvalue weighted by atomic mass is 10.1. The third-order valence-corrected chi connectivity index (χ3v) is 4.59. The van der Waals surface area contributed by atoms with Gasteiger partial charge in [0.15, 0.2) is 5.82 Å². The molecule has 3 rings (SSSR count). The van der Waals surface area contributed by atoms with Crippen LogP contribution in [-0.2, 0) is 4.74 Å². The van der Waals surface area contributed by atoms with Gasteiger partial charge in [0.2, 0.25) is 0 Å². The minimum atomic E-state index is -0.719. The molecular formula is C21H30N6O3. The van der Waals surface area contributed by atoms with Crippen LogP contribution in [0.3, 0.4) is 0 Å².